The molecule has 0 saturated heterocycles. The van der Waals surface area contributed by atoms with E-state index in [2.05, 4.69) is 22.3 Å². The Labute approximate surface area is 163 Å². The predicted molar refractivity (Wildman–Crippen MR) is 107 cm³/mol. The van der Waals surface area contributed by atoms with Crippen molar-refractivity contribution in [3.05, 3.63) is 65.5 Å². The predicted octanol–water partition coefficient (Wildman–Crippen LogP) is 4.49. The van der Waals surface area contributed by atoms with E-state index in [0.717, 1.165) is 16.0 Å². The van der Waals surface area contributed by atoms with Gasteiger partial charge in [0, 0.05) is 17.5 Å². The van der Waals surface area contributed by atoms with Gasteiger partial charge in [-0.05, 0) is 39.0 Å². The van der Waals surface area contributed by atoms with Crippen molar-refractivity contribution in [2.75, 3.05) is 7.05 Å². The number of hydrogen-bond donors (Lipinski definition) is 0. The molecule has 140 valence electrons. The normalized spacial score (nSPS) is 12.0. The molecule has 0 aliphatic rings. The molecule has 0 aliphatic carbocycles. The van der Waals surface area contributed by atoms with Gasteiger partial charge in [-0.3, -0.25) is 4.79 Å². The van der Waals surface area contributed by atoms with Crippen LogP contribution in [0.15, 0.2) is 57.9 Å². The monoisotopic (exact) mass is 381 g/mol. The van der Waals surface area contributed by atoms with E-state index in [0.29, 0.717) is 11.7 Å². The molecule has 0 unspecified atom stereocenters. The van der Waals surface area contributed by atoms with Crippen LogP contribution in [0.1, 0.15) is 23.9 Å². The lowest BCUT2D eigenvalue weighted by atomic mass is 10.1. The van der Waals surface area contributed by atoms with Crippen molar-refractivity contribution < 1.29 is 9.32 Å². The summed E-state index contributed by atoms with van der Waals surface area (Å²) >= 11 is 1.55. The summed E-state index contributed by atoms with van der Waals surface area (Å²) in [6, 6.07) is 16.1. The third-order valence-electron chi connectivity index (χ3n) is 4.17. The lowest BCUT2D eigenvalue weighted by molar-refractivity contribution is -0.129. The summed E-state index contributed by atoms with van der Waals surface area (Å²) in [5.74, 6) is 0.988. The highest BCUT2D eigenvalue weighted by atomic mass is 32.2. The summed E-state index contributed by atoms with van der Waals surface area (Å²) < 4.78 is 5.33. The molecule has 0 N–H and O–H groups in total. The van der Waals surface area contributed by atoms with Gasteiger partial charge < -0.3 is 9.42 Å². The Balaban J connectivity index is 1.61. The van der Waals surface area contributed by atoms with Crippen LogP contribution in [0.4, 0.5) is 0 Å². The summed E-state index contributed by atoms with van der Waals surface area (Å²) in [7, 11) is 1.76. The molecule has 0 radical (unpaired) electrons. The molecule has 5 nitrogen and oxygen atoms in total. The summed E-state index contributed by atoms with van der Waals surface area (Å²) in [4.78, 5) is 19.8. The molecule has 2 aromatic carbocycles. The van der Waals surface area contributed by atoms with Crippen LogP contribution in [0, 0.1) is 13.8 Å². The maximum Gasteiger partial charge on any atom is 0.246 e. The fourth-order valence-corrected chi connectivity index (χ4v) is 3.67. The number of benzene rings is 2. The van der Waals surface area contributed by atoms with Gasteiger partial charge in [-0.15, -0.1) is 11.8 Å². The number of thioether (sulfide) groups is 1. The minimum Gasteiger partial charge on any atom is -0.337 e. The van der Waals surface area contributed by atoms with E-state index < -0.39 is 0 Å². The molecule has 27 heavy (non-hydrogen) atoms. The van der Waals surface area contributed by atoms with Crippen LogP contribution < -0.4 is 0 Å². The molecule has 3 aromatic rings. The number of aromatic nitrogens is 2. The number of rotatable bonds is 6. The van der Waals surface area contributed by atoms with E-state index in [9.17, 15) is 4.79 Å². The Morgan fingerprint density at radius 3 is 2.59 bits per heavy atom. The van der Waals surface area contributed by atoms with Gasteiger partial charge in [0.15, 0.2) is 0 Å². The zero-order chi connectivity index (χ0) is 19.4. The third kappa shape index (κ3) is 4.98. The Kier molecular flexibility index (Phi) is 5.96. The molecule has 0 aliphatic heterocycles. The largest absolute Gasteiger partial charge is 0.337 e. The number of aryl methyl sites for hydroxylation is 2. The second-order valence-electron chi connectivity index (χ2n) is 6.65. The highest BCUT2D eigenvalue weighted by molar-refractivity contribution is 8.00. The Morgan fingerprint density at radius 2 is 1.89 bits per heavy atom. The summed E-state index contributed by atoms with van der Waals surface area (Å²) in [5.41, 5.74) is 3.24. The molecule has 3 rings (SSSR count). The van der Waals surface area contributed by atoms with Crippen LogP contribution in [0.5, 0.6) is 0 Å². The summed E-state index contributed by atoms with van der Waals surface area (Å²) in [6.07, 6.45) is 0. The number of hydrogen-bond acceptors (Lipinski definition) is 5. The van der Waals surface area contributed by atoms with Crippen LogP contribution in [0.25, 0.3) is 11.4 Å². The molecule has 1 atom stereocenters. The van der Waals surface area contributed by atoms with E-state index in [4.69, 9.17) is 4.52 Å². The molecule has 1 heterocycles. The number of amides is 1. The zero-order valence-corrected chi connectivity index (χ0v) is 16.8. The molecular formula is C21H23N3O2S. The smallest absolute Gasteiger partial charge is 0.246 e. The summed E-state index contributed by atoms with van der Waals surface area (Å²) in [5, 5.41) is 3.83. The van der Waals surface area contributed by atoms with Crippen LogP contribution in [0.2, 0.25) is 0 Å². The SMILES string of the molecule is Cc1ccc(S[C@H](C)C(=O)N(C)Cc2nc(-c3cccc(C)c3)no2)cc1. The van der Waals surface area contributed by atoms with Gasteiger partial charge in [-0.1, -0.05) is 46.6 Å². The zero-order valence-electron chi connectivity index (χ0n) is 16.0. The number of carbonyl (C=O) groups excluding carboxylic acids is 1. The van der Waals surface area contributed by atoms with Gasteiger partial charge >= 0.3 is 0 Å². The Bertz CT molecular complexity index is 921. The first-order chi connectivity index (χ1) is 12.9. The highest BCUT2D eigenvalue weighted by Gasteiger charge is 2.21. The van der Waals surface area contributed by atoms with E-state index >= 15 is 0 Å². The second kappa shape index (κ2) is 8.39. The van der Waals surface area contributed by atoms with Crippen LogP contribution >= 0.6 is 11.8 Å². The molecule has 0 spiro atoms. The Morgan fingerprint density at radius 1 is 1.15 bits per heavy atom. The fourth-order valence-electron chi connectivity index (χ4n) is 2.68. The molecule has 1 aromatic heterocycles. The standard InChI is InChI=1S/C21H23N3O2S/c1-14-8-10-18(11-9-14)27-16(3)21(25)24(4)13-19-22-20(23-26-19)17-7-5-6-15(2)12-17/h5-12,16H,13H2,1-4H3/t16-/m1/s1. The van der Waals surface area contributed by atoms with Crippen LogP contribution in [-0.4, -0.2) is 33.2 Å². The van der Waals surface area contributed by atoms with Crippen molar-refractivity contribution in [2.45, 2.75) is 37.5 Å². The second-order valence-corrected chi connectivity index (χ2v) is 8.06. The maximum atomic E-state index is 12.7. The third-order valence-corrected chi connectivity index (χ3v) is 5.27. The van der Waals surface area contributed by atoms with Gasteiger partial charge in [0.25, 0.3) is 0 Å². The van der Waals surface area contributed by atoms with Crippen molar-refractivity contribution in [3.8, 4) is 11.4 Å². The first kappa shape index (κ1) is 19.2. The summed E-state index contributed by atoms with van der Waals surface area (Å²) in [6.45, 7) is 6.27. The molecular weight excluding hydrogens is 358 g/mol. The van der Waals surface area contributed by atoms with Gasteiger partial charge in [0.2, 0.25) is 17.6 Å². The van der Waals surface area contributed by atoms with Crippen LogP contribution in [-0.2, 0) is 11.3 Å². The van der Waals surface area contributed by atoms with Crippen molar-refractivity contribution in [2.24, 2.45) is 0 Å². The van der Waals surface area contributed by atoms with Crippen molar-refractivity contribution in [1.29, 1.82) is 0 Å². The first-order valence-corrected chi connectivity index (χ1v) is 9.68. The van der Waals surface area contributed by atoms with Gasteiger partial charge in [-0.25, -0.2) is 0 Å². The number of carbonyl (C=O) groups is 1. The topological polar surface area (TPSA) is 59.2 Å². The lowest BCUT2D eigenvalue weighted by Gasteiger charge is -2.19. The van der Waals surface area contributed by atoms with Crippen LogP contribution in [0.3, 0.4) is 0 Å². The minimum atomic E-state index is -0.197. The first-order valence-electron chi connectivity index (χ1n) is 8.80. The van der Waals surface area contributed by atoms with Crippen molar-refractivity contribution in [3.63, 3.8) is 0 Å². The lowest BCUT2D eigenvalue weighted by Crippen LogP contribution is -2.32. The molecule has 1 amide bonds. The maximum absolute atomic E-state index is 12.7. The quantitative estimate of drug-likeness (QED) is 0.589. The van der Waals surface area contributed by atoms with Gasteiger partial charge in [0.1, 0.15) is 0 Å². The van der Waals surface area contributed by atoms with Crippen molar-refractivity contribution >= 4 is 17.7 Å². The van der Waals surface area contributed by atoms with Gasteiger partial charge in [-0.2, -0.15) is 4.98 Å². The average Bonchev–Trinajstić information content (AvgIpc) is 3.11. The molecule has 0 bridgehead atoms. The van der Waals surface area contributed by atoms with E-state index in [1.807, 2.05) is 57.2 Å². The van der Waals surface area contributed by atoms with E-state index in [1.165, 1.54) is 5.56 Å². The molecule has 0 fully saturated rings. The average molecular weight is 382 g/mol. The minimum absolute atomic E-state index is 0.0240. The van der Waals surface area contributed by atoms with Gasteiger partial charge in [0.05, 0.1) is 11.8 Å². The Hall–Kier alpha value is -2.60. The van der Waals surface area contributed by atoms with E-state index in [-0.39, 0.29) is 17.7 Å². The van der Waals surface area contributed by atoms with Crippen molar-refractivity contribution in [1.82, 2.24) is 15.0 Å². The fraction of sp³-hybridized carbons (Fsp3) is 0.286. The molecule has 6 heteroatoms. The molecule has 0 saturated carbocycles. The van der Waals surface area contributed by atoms with E-state index in [1.54, 1.807) is 23.7 Å². The highest BCUT2D eigenvalue weighted by Crippen LogP contribution is 2.25. The number of nitrogens with zero attached hydrogens (tertiary/aromatic N) is 3.